The van der Waals surface area contributed by atoms with E-state index in [1.54, 1.807) is 0 Å². The van der Waals surface area contributed by atoms with Gasteiger partial charge in [-0.1, -0.05) is 17.3 Å². The lowest BCUT2D eigenvalue weighted by Gasteiger charge is -2.08. The summed E-state index contributed by atoms with van der Waals surface area (Å²) in [6.45, 7) is 4.50. The molecule has 2 aromatic heterocycles. The molecule has 0 atom stereocenters. The fraction of sp³-hybridized carbons (Fsp3) is 0.200. The Labute approximate surface area is 116 Å². The van der Waals surface area contributed by atoms with Crippen LogP contribution in [0.2, 0.25) is 0 Å². The lowest BCUT2D eigenvalue weighted by molar-refractivity contribution is 0.340. The highest BCUT2D eigenvalue weighted by atomic mass is 16.5. The Morgan fingerprint density at radius 2 is 2.15 bits per heavy atom. The summed E-state index contributed by atoms with van der Waals surface area (Å²) in [4.78, 5) is 4.30. The van der Waals surface area contributed by atoms with Gasteiger partial charge >= 0.3 is 0 Å². The first-order valence-electron chi connectivity index (χ1n) is 6.44. The van der Waals surface area contributed by atoms with Crippen molar-refractivity contribution >= 4 is 16.9 Å². The number of hydrogen-bond acceptors (Lipinski definition) is 5. The number of nitrogen functional groups attached to an aromatic ring is 1. The van der Waals surface area contributed by atoms with Crippen LogP contribution >= 0.6 is 0 Å². The molecule has 0 radical (unpaired) electrons. The van der Waals surface area contributed by atoms with E-state index in [9.17, 15) is 0 Å². The number of pyridine rings is 1. The number of benzene rings is 1. The van der Waals surface area contributed by atoms with Crippen LogP contribution in [-0.4, -0.2) is 16.7 Å². The number of nitrogens with zero attached hydrogens (tertiary/aromatic N) is 2. The first-order valence-corrected chi connectivity index (χ1v) is 6.44. The largest absolute Gasteiger partial charge is 0.494 e. The number of ether oxygens (including phenoxy) is 1. The number of nitrogens with two attached hydrogens (primary N) is 1. The molecule has 0 unspecified atom stereocenters. The monoisotopic (exact) mass is 269 g/mol. The molecular weight excluding hydrogens is 254 g/mol. The maximum Gasteiger partial charge on any atom is 0.260 e. The molecule has 0 amide bonds. The molecule has 5 heteroatoms. The van der Waals surface area contributed by atoms with E-state index in [0.717, 1.165) is 28.0 Å². The van der Waals surface area contributed by atoms with Crippen LogP contribution in [0, 0.1) is 6.92 Å². The normalized spacial score (nSPS) is 10.9. The molecule has 3 aromatic rings. The van der Waals surface area contributed by atoms with E-state index >= 15 is 0 Å². The summed E-state index contributed by atoms with van der Waals surface area (Å²) in [6, 6.07) is 9.83. The van der Waals surface area contributed by atoms with Crippen molar-refractivity contribution in [2.45, 2.75) is 13.8 Å². The minimum absolute atomic E-state index is 0.351. The van der Waals surface area contributed by atoms with E-state index in [1.807, 2.05) is 44.2 Å². The van der Waals surface area contributed by atoms with Gasteiger partial charge in [0, 0.05) is 11.3 Å². The average Bonchev–Trinajstić information content (AvgIpc) is 2.80. The minimum atomic E-state index is 0.351. The Morgan fingerprint density at radius 1 is 1.30 bits per heavy atom. The maximum atomic E-state index is 5.89. The lowest BCUT2D eigenvalue weighted by Crippen LogP contribution is -1.93. The summed E-state index contributed by atoms with van der Waals surface area (Å²) in [5, 5.41) is 4.53. The molecule has 0 aliphatic carbocycles. The van der Waals surface area contributed by atoms with Gasteiger partial charge < -0.3 is 15.0 Å². The van der Waals surface area contributed by atoms with E-state index in [4.69, 9.17) is 15.0 Å². The van der Waals surface area contributed by atoms with E-state index in [2.05, 4.69) is 10.1 Å². The highest BCUT2D eigenvalue weighted by molar-refractivity contribution is 5.99. The molecule has 1 aromatic carbocycles. The Bertz CT molecular complexity index is 765. The number of fused-ring (bicyclic) bond motifs is 1. The van der Waals surface area contributed by atoms with E-state index in [-0.39, 0.29) is 0 Å². The molecule has 5 nitrogen and oxygen atoms in total. The van der Waals surface area contributed by atoms with Crippen LogP contribution in [0.1, 0.15) is 12.6 Å². The first-order chi connectivity index (χ1) is 9.69. The van der Waals surface area contributed by atoms with Crippen LogP contribution in [0.25, 0.3) is 22.2 Å². The number of anilines is 1. The zero-order valence-corrected chi connectivity index (χ0v) is 11.4. The smallest absolute Gasteiger partial charge is 0.260 e. The van der Waals surface area contributed by atoms with Crippen LogP contribution in [0.5, 0.6) is 5.75 Å². The standard InChI is InChI=1S/C15H15N3O2/c1-3-19-11-6-4-5-10(8-11)12-7-9(2)17-15-13(12)14(16)18-20-15/h4-8H,3H2,1-2H3,(H2,16,18). The molecule has 20 heavy (non-hydrogen) atoms. The summed E-state index contributed by atoms with van der Waals surface area (Å²) in [5.74, 6) is 1.17. The van der Waals surface area contributed by atoms with Gasteiger partial charge in [-0.05, 0) is 37.6 Å². The van der Waals surface area contributed by atoms with Crippen molar-refractivity contribution in [1.29, 1.82) is 0 Å². The predicted octanol–water partition coefficient (Wildman–Crippen LogP) is 3.18. The van der Waals surface area contributed by atoms with Gasteiger partial charge in [-0.3, -0.25) is 0 Å². The molecule has 0 saturated carbocycles. The molecule has 0 saturated heterocycles. The summed E-state index contributed by atoms with van der Waals surface area (Å²) < 4.78 is 10.7. The highest BCUT2D eigenvalue weighted by Gasteiger charge is 2.14. The quantitative estimate of drug-likeness (QED) is 0.790. The maximum absolute atomic E-state index is 5.89. The van der Waals surface area contributed by atoms with Crippen molar-refractivity contribution in [3.8, 4) is 16.9 Å². The third-order valence-electron chi connectivity index (χ3n) is 3.06. The molecule has 102 valence electrons. The van der Waals surface area contributed by atoms with Crippen LogP contribution in [0.15, 0.2) is 34.9 Å². The number of hydrogen-bond donors (Lipinski definition) is 1. The van der Waals surface area contributed by atoms with Crippen LogP contribution < -0.4 is 10.5 Å². The first kappa shape index (κ1) is 12.5. The van der Waals surface area contributed by atoms with Gasteiger partial charge in [0.25, 0.3) is 5.71 Å². The predicted molar refractivity (Wildman–Crippen MR) is 77.6 cm³/mol. The summed E-state index contributed by atoms with van der Waals surface area (Å²) >= 11 is 0. The molecule has 2 N–H and O–H groups in total. The fourth-order valence-electron chi connectivity index (χ4n) is 2.24. The van der Waals surface area contributed by atoms with Crippen molar-refractivity contribution in [1.82, 2.24) is 10.1 Å². The third kappa shape index (κ3) is 2.07. The van der Waals surface area contributed by atoms with Crippen molar-refractivity contribution in [3.63, 3.8) is 0 Å². The van der Waals surface area contributed by atoms with Crippen molar-refractivity contribution in [2.75, 3.05) is 12.3 Å². The highest BCUT2D eigenvalue weighted by Crippen LogP contribution is 2.33. The van der Waals surface area contributed by atoms with E-state index in [1.165, 1.54) is 0 Å². The SMILES string of the molecule is CCOc1cccc(-c2cc(C)nc3onc(N)c23)c1. The second-order valence-corrected chi connectivity index (χ2v) is 4.52. The summed E-state index contributed by atoms with van der Waals surface area (Å²) in [5.41, 5.74) is 9.15. The number of rotatable bonds is 3. The zero-order chi connectivity index (χ0) is 14.1. The van der Waals surface area contributed by atoms with Gasteiger partial charge in [-0.25, -0.2) is 4.98 Å². The minimum Gasteiger partial charge on any atom is -0.494 e. The third-order valence-corrected chi connectivity index (χ3v) is 3.06. The second-order valence-electron chi connectivity index (χ2n) is 4.52. The molecule has 0 aliphatic heterocycles. The summed E-state index contributed by atoms with van der Waals surface area (Å²) in [7, 11) is 0. The van der Waals surface area contributed by atoms with Gasteiger partial charge in [0.1, 0.15) is 5.75 Å². The average molecular weight is 269 g/mol. The van der Waals surface area contributed by atoms with Gasteiger partial charge in [-0.15, -0.1) is 0 Å². The van der Waals surface area contributed by atoms with Crippen LogP contribution in [0.3, 0.4) is 0 Å². The van der Waals surface area contributed by atoms with E-state index in [0.29, 0.717) is 18.1 Å². The van der Waals surface area contributed by atoms with Crippen LogP contribution in [0.4, 0.5) is 5.82 Å². The molecule has 0 bridgehead atoms. The van der Waals surface area contributed by atoms with Gasteiger partial charge in [0.2, 0.25) is 0 Å². The Morgan fingerprint density at radius 3 is 2.95 bits per heavy atom. The van der Waals surface area contributed by atoms with Crippen LogP contribution in [-0.2, 0) is 0 Å². The topological polar surface area (TPSA) is 74.2 Å². The Kier molecular flexibility index (Phi) is 3.02. The second kappa shape index (κ2) is 4.85. The fourth-order valence-corrected chi connectivity index (χ4v) is 2.24. The Balaban J connectivity index is 2.23. The van der Waals surface area contributed by atoms with Crippen molar-refractivity contribution < 1.29 is 9.26 Å². The van der Waals surface area contributed by atoms with Gasteiger partial charge in [0.05, 0.1) is 12.0 Å². The number of aromatic nitrogens is 2. The summed E-state index contributed by atoms with van der Waals surface area (Å²) in [6.07, 6.45) is 0. The molecular formula is C15H15N3O2. The molecule has 3 rings (SSSR count). The van der Waals surface area contributed by atoms with Gasteiger partial charge in [0.15, 0.2) is 5.82 Å². The van der Waals surface area contributed by atoms with Gasteiger partial charge in [-0.2, -0.15) is 0 Å². The molecule has 0 aliphatic rings. The van der Waals surface area contributed by atoms with E-state index < -0.39 is 0 Å². The lowest BCUT2D eigenvalue weighted by atomic mass is 10.0. The zero-order valence-electron chi connectivity index (χ0n) is 11.4. The molecule has 0 fully saturated rings. The van der Waals surface area contributed by atoms with Crippen molar-refractivity contribution in [2.24, 2.45) is 0 Å². The molecule has 0 spiro atoms. The number of aryl methyl sites for hydroxylation is 1. The molecule has 2 heterocycles. The Hall–Kier alpha value is -2.56. The van der Waals surface area contributed by atoms with Crippen molar-refractivity contribution in [3.05, 3.63) is 36.0 Å².